The zero-order valence-corrected chi connectivity index (χ0v) is 16.1. The minimum absolute atomic E-state index is 0.119. The van der Waals surface area contributed by atoms with Crippen molar-refractivity contribution in [2.75, 3.05) is 20.6 Å². The number of hydrogen-bond donors (Lipinski definition) is 1. The molecule has 3 rings (SSSR count). The van der Waals surface area contributed by atoms with Gasteiger partial charge in [0.1, 0.15) is 18.2 Å². The second-order valence-electron chi connectivity index (χ2n) is 6.91. The van der Waals surface area contributed by atoms with Crippen molar-refractivity contribution in [3.63, 3.8) is 0 Å². The molecule has 146 valence electrons. The number of amides is 1. The summed E-state index contributed by atoms with van der Waals surface area (Å²) in [5.74, 6) is -0.140. The SMILES string of the molecule is Cc1nc2ccccc2c(=O)n1CC(=O)NC[C@H](c1cccc(F)c1)N(C)C. The van der Waals surface area contributed by atoms with Gasteiger partial charge in [0, 0.05) is 6.54 Å². The molecule has 2 aromatic carbocycles. The molecule has 1 amide bonds. The Morgan fingerprint density at radius 1 is 1.21 bits per heavy atom. The van der Waals surface area contributed by atoms with E-state index in [9.17, 15) is 14.0 Å². The Bertz CT molecular complexity index is 1060. The molecule has 0 bridgehead atoms. The summed E-state index contributed by atoms with van der Waals surface area (Å²) in [6, 6.07) is 13.2. The number of nitrogens with one attached hydrogen (secondary N) is 1. The Labute approximate surface area is 162 Å². The molecule has 0 aliphatic rings. The lowest BCUT2D eigenvalue weighted by Gasteiger charge is -2.25. The van der Waals surface area contributed by atoms with Crippen LogP contribution in [0.2, 0.25) is 0 Å². The van der Waals surface area contributed by atoms with E-state index in [1.54, 1.807) is 31.2 Å². The van der Waals surface area contributed by atoms with Crippen molar-refractivity contribution < 1.29 is 9.18 Å². The largest absolute Gasteiger partial charge is 0.353 e. The number of carbonyl (C=O) groups is 1. The van der Waals surface area contributed by atoms with E-state index in [1.165, 1.54) is 16.7 Å². The van der Waals surface area contributed by atoms with Crippen molar-refractivity contribution in [1.29, 1.82) is 0 Å². The van der Waals surface area contributed by atoms with Gasteiger partial charge < -0.3 is 10.2 Å². The van der Waals surface area contributed by atoms with Crippen LogP contribution in [0.25, 0.3) is 10.9 Å². The minimum atomic E-state index is -0.319. The molecule has 3 aromatic rings. The van der Waals surface area contributed by atoms with Crippen molar-refractivity contribution >= 4 is 16.8 Å². The molecule has 7 heteroatoms. The lowest BCUT2D eigenvalue weighted by atomic mass is 10.1. The molecule has 0 saturated heterocycles. The minimum Gasteiger partial charge on any atom is -0.353 e. The fourth-order valence-electron chi connectivity index (χ4n) is 3.19. The molecular weight excluding hydrogens is 359 g/mol. The second-order valence-corrected chi connectivity index (χ2v) is 6.91. The van der Waals surface area contributed by atoms with E-state index in [-0.39, 0.29) is 29.9 Å². The van der Waals surface area contributed by atoms with E-state index in [2.05, 4.69) is 10.3 Å². The third-order valence-corrected chi connectivity index (χ3v) is 4.70. The third-order valence-electron chi connectivity index (χ3n) is 4.70. The predicted molar refractivity (Wildman–Crippen MR) is 107 cm³/mol. The van der Waals surface area contributed by atoms with Crippen molar-refractivity contribution in [3.05, 3.63) is 76.1 Å². The standard InChI is InChI=1S/C21H23FN4O2/c1-14-24-18-10-5-4-9-17(18)21(28)26(14)13-20(27)23-12-19(25(2)3)15-7-6-8-16(22)11-15/h4-11,19H,12-13H2,1-3H3,(H,23,27)/t19-/m1/s1. The summed E-state index contributed by atoms with van der Waals surface area (Å²) in [5, 5.41) is 3.32. The van der Waals surface area contributed by atoms with Gasteiger partial charge in [0.2, 0.25) is 5.91 Å². The number of aromatic nitrogens is 2. The number of aryl methyl sites for hydroxylation is 1. The summed E-state index contributed by atoms with van der Waals surface area (Å²) >= 11 is 0. The van der Waals surface area contributed by atoms with Gasteiger partial charge in [-0.1, -0.05) is 24.3 Å². The number of nitrogens with zero attached hydrogens (tertiary/aromatic N) is 3. The average Bonchev–Trinajstić information content (AvgIpc) is 2.65. The number of rotatable bonds is 6. The van der Waals surface area contributed by atoms with Gasteiger partial charge in [-0.25, -0.2) is 9.37 Å². The molecule has 6 nitrogen and oxygen atoms in total. The molecule has 0 aliphatic carbocycles. The van der Waals surface area contributed by atoms with Gasteiger partial charge in [0.25, 0.3) is 5.56 Å². The molecule has 0 fully saturated rings. The van der Waals surface area contributed by atoms with Gasteiger partial charge in [-0.3, -0.25) is 14.2 Å². The number of benzene rings is 2. The molecule has 0 aliphatic heterocycles. The van der Waals surface area contributed by atoms with E-state index < -0.39 is 0 Å². The third kappa shape index (κ3) is 4.26. The van der Waals surface area contributed by atoms with Gasteiger partial charge in [-0.15, -0.1) is 0 Å². The molecule has 0 spiro atoms. The van der Waals surface area contributed by atoms with E-state index in [0.717, 1.165) is 5.56 Å². The lowest BCUT2D eigenvalue weighted by Crippen LogP contribution is -2.38. The van der Waals surface area contributed by atoms with Gasteiger partial charge in [-0.2, -0.15) is 0 Å². The van der Waals surface area contributed by atoms with Crippen LogP contribution in [0.1, 0.15) is 17.4 Å². The maximum atomic E-state index is 13.5. The second kappa shape index (κ2) is 8.31. The van der Waals surface area contributed by atoms with Crippen molar-refractivity contribution in [2.24, 2.45) is 0 Å². The summed E-state index contributed by atoms with van der Waals surface area (Å²) in [4.78, 5) is 31.5. The quantitative estimate of drug-likeness (QED) is 0.710. The summed E-state index contributed by atoms with van der Waals surface area (Å²) in [6.45, 7) is 1.88. The summed E-state index contributed by atoms with van der Waals surface area (Å²) in [5.41, 5.74) is 1.14. The normalized spacial score (nSPS) is 12.3. The lowest BCUT2D eigenvalue weighted by molar-refractivity contribution is -0.122. The molecular formula is C21H23FN4O2. The first-order valence-electron chi connectivity index (χ1n) is 9.01. The smallest absolute Gasteiger partial charge is 0.261 e. The van der Waals surface area contributed by atoms with Gasteiger partial charge >= 0.3 is 0 Å². The first-order valence-corrected chi connectivity index (χ1v) is 9.01. The van der Waals surface area contributed by atoms with Crippen molar-refractivity contribution in [3.8, 4) is 0 Å². The van der Waals surface area contributed by atoms with Crippen LogP contribution in [0.4, 0.5) is 4.39 Å². The average molecular weight is 382 g/mol. The van der Waals surface area contributed by atoms with Crippen LogP contribution in [0.3, 0.4) is 0 Å². The Hall–Kier alpha value is -3.06. The highest BCUT2D eigenvalue weighted by molar-refractivity contribution is 5.79. The highest BCUT2D eigenvalue weighted by Gasteiger charge is 2.17. The van der Waals surface area contributed by atoms with Crippen LogP contribution in [0.5, 0.6) is 0 Å². The van der Waals surface area contributed by atoms with Crippen molar-refractivity contribution in [2.45, 2.75) is 19.5 Å². The first kappa shape index (κ1) is 19.7. The Balaban J connectivity index is 1.75. The van der Waals surface area contributed by atoms with E-state index in [1.807, 2.05) is 31.1 Å². The van der Waals surface area contributed by atoms with Crippen LogP contribution in [0, 0.1) is 12.7 Å². The fraction of sp³-hybridized carbons (Fsp3) is 0.286. The maximum absolute atomic E-state index is 13.5. The number of likely N-dealkylation sites (N-methyl/N-ethyl adjacent to an activating group) is 1. The Kier molecular flexibility index (Phi) is 5.84. The molecule has 28 heavy (non-hydrogen) atoms. The first-order chi connectivity index (χ1) is 13.4. The van der Waals surface area contributed by atoms with Crippen LogP contribution < -0.4 is 10.9 Å². The summed E-state index contributed by atoms with van der Waals surface area (Å²) < 4.78 is 14.9. The van der Waals surface area contributed by atoms with Gasteiger partial charge in [0.05, 0.1) is 16.9 Å². The monoisotopic (exact) mass is 382 g/mol. The van der Waals surface area contributed by atoms with Crippen LogP contribution in [0.15, 0.2) is 53.3 Å². The molecule has 0 radical (unpaired) electrons. The maximum Gasteiger partial charge on any atom is 0.261 e. The van der Waals surface area contributed by atoms with Gasteiger partial charge in [0.15, 0.2) is 0 Å². The van der Waals surface area contributed by atoms with E-state index >= 15 is 0 Å². The predicted octanol–water partition coefficient (Wildman–Crippen LogP) is 2.26. The Morgan fingerprint density at radius 3 is 2.68 bits per heavy atom. The van der Waals surface area contributed by atoms with Crippen LogP contribution >= 0.6 is 0 Å². The fourth-order valence-corrected chi connectivity index (χ4v) is 3.19. The molecule has 1 aromatic heterocycles. The number of halogens is 1. The summed E-state index contributed by atoms with van der Waals surface area (Å²) in [7, 11) is 3.73. The number of carbonyl (C=O) groups excluding carboxylic acids is 1. The topological polar surface area (TPSA) is 67.2 Å². The molecule has 1 atom stereocenters. The van der Waals surface area contributed by atoms with E-state index in [0.29, 0.717) is 23.3 Å². The molecule has 1 N–H and O–H groups in total. The molecule has 1 heterocycles. The highest BCUT2D eigenvalue weighted by atomic mass is 19.1. The Morgan fingerprint density at radius 2 is 1.96 bits per heavy atom. The van der Waals surface area contributed by atoms with Crippen molar-refractivity contribution in [1.82, 2.24) is 19.8 Å². The number of para-hydroxylation sites is 1. The zero-order valence-electron chi connectivity index (χ0n) is 16.1. The number of fused-ring (bicyclic) bond motifs is 1. The summed E-state index contributed by atoms with van der Waals surface area (Å²) in [6.07, 6.45) is 0. The van der Waals surface area contributed by atoms with E-state index in [4.69, 9.17) is 0 Å². The number of hydrogen-bond acceptors (Lipinski definition) is 4. The highest BCUT2D eigenvalue weighted by Crippen LogP contribution is 2.18. The van der Waals surface area contributed by atoms with Crippen LogP contribution in [-0.4, -0.2) is 41.0 Å². The van der Waals surface area contributed by atoms with Crippen LogP contribution in [-0.2, 0) is 11.3 Å². The zero-order chi connectivity index (χ0) is 20.3. The van der Waals surface area contributed by atoms with Gasteiger partial charge in [-0.05, 0) is 50.8 Å². The molecule has 0 unspecified atom stereocenters. The molecule has 0 saturated carbocycles.